The number of aliphatic hydroxyl groups excluding tert-OH is 1. The molecule has 68 valence electrons. The number of hydrogen-bond acceptors (Lipinski definition) is 2. The first-order valence-electron chi connectivity index (χ1n) is 3.62. The zero-order chi connectivity index (χ0) is 9.19. The summed E-state index contributed by atoms with van der Waals surface area (Å²) in [6, 6.07) is 3.07. The Kier molecular flexibility index (Phi) is 2.80. The van der Waals surface area contributed by atoms with Crippen molar-refractivity contribution in [2.45, 2.75) is 19.3 Å². The van der Waals surface area contributed by atoms with E-state index in [1.54, 1.807) is 13.0 Å². The maximum atomic E-state index is 13.0. The molecule has 1 aromatic rings. The Morgan fingerprint density at radius 1 is 1.50 bits per heavy atom. The third kappa shape index (κ3) is 2.01. The molecule has 12 heavy (non-hydrogen) atoms. The lowest BCUT2D eigenvalue weighted by Crippen LogP contribution is -2.13. The average Bonchev–Trinajstić information content (AvgIpc) is 2.36. The summed E-state index contributed by atoms with van der Waals surface area (Å²) in [6.07, 6.45) is -0.493. The van der Waals surface area contributed by atoms with Gasteiger partial charge in [-0.2, -0.15) is 0 Å². The van der Waals surface area contributed by atoms with Crippen molar-refractivity contribution in [3.63, 3.8) is 0 Å². The van der Waals surface area contributed by atoms with Gasteiger partial charge in [-0.25, -0.2) is 8.78 Å². The summed E-state index contributed by atoms with van der Waals surface area (Å²) in [5, 5.41) is 8.39. The molecule has 0 aliphatic rings. The zero-order valence-corrected chi connectivity index (χ0v) is 7.50. The van der Waals surface area contributed by atoms with Crippen LogP contribution in [0.2, 0.25) is 0 Å². The Balaban J connectivity index is 2.81. The van der Waals surface area contributed by atoms with Crippen molar-refractivity contribution in [1.82, 2.24) is 0 Å². The first-order chi connectivity index (χ1) is 5.56. The highest BCUT2D eigenvalue weighted by atomic mass is 32.1. The number of aliphatic hydroxyl groups is 1. The van der Waals surface area contributed by atoms with Crippen LogP contribution in [-0.2, 0) is 5.92 Å². The van der Waals surface area contributed by atoms with Gasteiger partial charge in [0.25, 0.3) is 5.92 Å². The Bertz CT molecular complexity index is 257. The maximum absolute atomic E-state index is 13.0. The van der Waals surface area contributed by atoms with E-state index in [2.05, 4.69) is 0 Å². The molecule has 0 aromatic carbocycles. The standard InChI is InChI=1S/C8H10F2OS/c1-6-2-3-7(12-6)8(9,10)4-5-11/h2-3,11H,4-5H2,1H3. The fraction of sp³-hybridized carbons (Fsp3) is 0.500. The van der Waals surface area contributed by atoms with Gasteiger partial charge in [-0.1, -0.05) is 0 Å². The van der Waals surface area contributed by atoms with E-state index >= 15 is 0 Å². The smallest absolute Gasteiger partial charge is 0.284 e. The number of rotatable bonds is 3. The van der Waals surface area contributed by atoms with E-state index in [1.807, 2.05) is 0 Å². The minimum Gasteiger partial charge on any atom is -0.396 e. The van der Waals surface area contributed by atoms with Gasteiger partial charge in [0.1, 0.15) is 0 Å². The van der Waals surface area contributed by atoms with Gasteiger partial charge in [-0.05, 0) is 19.1 Å². The molecule has 0 bridgehead atoms. The molecule has 0 unspecified atom stereocenters. The Labute approximate surface area is 73.7 Å². The zero-order valence-electron chi connectivity index (χ0n) is 6.68. The first-order valence-corrected chi connectivity index (χ1v) is 4.43. The molecule has 0 saturated heterocycles. The monoisotopic (exact) mass is 192 g/mol. The summed E-state index contributed by atoms with van der Waals surface area (Å²) < 4.78 is 26.0. The van der Waals surface area contributed by atoms with Crippen molar-refractivity contribution < 1.29 is 13.9 Å². The van der Waals surface area contributed by atoms with Crippen LogP contribution in [0.25, 0.3) is 0 Å². The number of alkyl halides is 2. The summed E-state index contributed by atoms with van der Waals surface area (Å²) in [4.78, 5) is 0.900. The van der Waals surface area contributed by atoms with Crippen LogP contribution in [0.3, 0.4) is 0 Å². The summed E-state index contributed by atoms with van der Waals surface area (Å²) >= 11 is 1.07. The van der Waals surface area contributed by atoms with Gasteiger partial charge in [0, 0.05) is 17.9 Å². The van der Waals surface area contributed by atoms with Gasteiger partial charge in [-0.3, -0.25) is 0 Å². The van der Waals surface area contributed by atoms with Gasteiger partial charge in [0.05, 0.1) is 4.88 Å². The summed E-state index contributed by atoms with van der Waals surface area (Å²) in [5.74, 6) is -2.87. The van der Waals surface area contributed by atoms with E-state index in [-0.39, 0.29) is 4.88 Å². The minimum absolute atomic E-state index is 0.0362. The molecule has 1 rings (SSSR count). The Morgan fingerprint density at radius 2 is 2.17 bits per heavy atom. The van der Waals surface area contributed by atoms with Crippen molar-refractivity contribution >= 4 is 11.3 Å². The molecule has 0 aliphatic carbocycles. The highest BCUT2D eigenvalue weighted by Crippen LogP contribution is 2.35. The molecule has 0 spiro atoms. The van der Waals surface area contributed by atoms with Crippen LogP contribution in [-0.4, -0.2) is 11.7 Å². The van der Waals surface area contributed by atoms with Crippen molar-refractivity contribution in [1.29, 1.82) is 0 Å². The molecule has 0 atom stereocenters. The van der Waals surface area contributed by atoms with Crippen molar-refractivity contribution in [2.24, 2.45) is 0 Å². The lowest BCUT2D eigenvalue weighted by molar-refractivity contribution is -0.0234. The number of halogens is 2. The molecule has 1 aromatic heterocycles. The van der Waals surface area contributed by atoms with E-state index in [1.165, 1.54) is 6.07 Å². The van der Waals surface area contributed by atoms with Crippen LogP contribution >= 0.6 is 11.3 Å². The van der Waals surface area contributed by atoms with E-state index in [0.29, 0.717) is 0 Å². The van der Waals surface area contributed by atoms with Gasteiger partial charge >= 0.3 is 0 Å². The van der Waals surface area contributed by atoms with Crippen molar-refractivity contribution in [2.75, 3.05) is 6.61 Å². The first kappa shape index (κ1) is 9.61. The summed E-state index contributed by atoms with van der Waals surface area (Å²) in [6.45, 7) is 1.30. The van der Waals surface area contributed by atoms with Crippen LogP contribution in [0.4, 0.5) is 8.78 Å². The molecular formula is C8H10F2OS. The lowest BCUT2D eigenvalue weighted by atomic mass is 10.2. The van der Waals surface area contributed by atoms with Gasteiger partial charge < -0.3 is 5.11 Å². The van der Waals surface area contributed by atoms with Crippen LogP contribution in [0, 0.1) is 6.92 Å². The van der Waals surface area contributed by atoms with Crippen molar-refractivity contribution in [3.8, 4) is 0 Å². The largest absolute Gasteiger partial charge is 0.396 e. The quantitative estimate of drug-likeness (QED) is 0.780. The van der Waals surface area contributed by atoms with E-state index in [9.17, 15) is 8.78 Å². The van der Waals surface area contributed by atoms with Gasteiger partial charge in [0.15, 0.2) is 0 Å². The van der Waals surface area contributed by atoms with Crippen LogP contribution in [0.1, 0.15) is 16.2 Å². The van der Waals surface area contributed by atoms with Gasteiger partial charge in [0.2, 0.25) is 0 Å². The highest BCUT2D eigenvalue weighted by Gasteiger charge is 2.31. The molecule has 1 heterocycles. The molecule has 4 heteroatoms. The Morgan fingerprint density at radius 3 is 2.58 bits per heavy atom. The highest BCUT2D eigenvalue weighted by molar-refractivity contribution is 7.12. The number of aryl methyl sites for hydroxylation is 1. The summed E-state index contributed by atoms with van der Waals surface area (Å²) in [7, 11) is 0. The van der Waals surface area contributed by atoms with Crippen LogP contribution in [0.15, 0.2) is 12.1 Å². The molecule has 0 saturated carbocycles. The lowest BCUT2D eigenvalue weighted by Gasteiger charge is -2.11. The molecule has 0 amide bonds. The van der Waals surface area contributed by atoms with Crippen LogP contribution in [0.5, 0.6) is 0 Å². The third-order valence-corrected chi connectivity index (χ3v) is 2.64. The number of hydrogen-bond donors (Lipinski definition) is 1. The molecular weight excluding hydrogens is 182 g/mol. The maximum Gasteiger partial charge on any atom is 0.284 e. The Hall–Kier alpha value is -0.480. The molecule has 1 nitrogen and oxygen atoms in total. The third-order valence-electron chi connectivity index (χ3n) is 1.53. The van der Waals surface area contributed by atoms with E-state index in [4.69, 9.17) is 5.11 Å². The minimum atomic E-state index is -2.87. The average molecular weight is 192 g/mol. The second-order valence-electron chi connectivity index (χ2n) is 2.59. The second kappa shape index (κ2) is 3.49. The molecule has 1 N–H and O–H groups in total. The van der Waals surface area contributed by atoms with Crippen molar-refractivity contribution in [3.05, 3.63) is 21.9 Å². The van der Waals surface area contributed by atoms with E-state index in [0.717, 1.165) is 16.2 Å². The van der Waals surface area contributed by atoms with Gasteiger partial charge in [-0.15, -0.1) is 11.3 Å². The predicted octanol–water partition coefficient (Wildman–Crippen LogP) is 2.53. The normalized spacial score (nSPS) is 12.0. The SMILES string of the molecule is Cc1ccc(C(F)(F)CCO)s1. The van der Waals surface area contributed by atoms with Crippen LogP contribution < -0.4 is 0 Å². The molecule has 0 fully saturated rings. The second-order valence-corrected chi connectivity index (χ2v) is 3.88. The fourth-order valence-corrected chi connectivity index (χ4v) is 1.77. The predicted molar refractivity (Wildman–Crippen MR) is 44.7 cm³/mol. The number of thiophene rings is 1. The summed E-state index contributed by atoms with van der Waals surface area (Å²) in [5.41, 5.74) is 0. The molecule has 0 aliphatic heterocycles. The fourth-order valence-electron chi connectivity index (χ4n) is 0.895. The van der Waals surface area contributed by atoms with E-state index < -0.39 is 19.0 Å². The topological polar surface area (TPSA) is 20.2 Å². The molecule has 0 radical (unpaired) electrons.